The van der Waals surface area contributed by atoms with Crippen LogP contribution in [0.5, 0.6) is 52.1 Å². The molecule has 6 atom stereocenters. The Labute approximate surface area is 718 Å². The second kappa shape index (κ2) is 38.5. The van der Waals surface area contributed by atoms with Gasteiger partial charge in [0.15, 0.2) is 0 Å². The fraction of sp³-hybridized carbons (Fsp3) is 0.365. The van der Waals surface area contributed by atoms with Gasteiger partial charge in [-0.3, -0.25) is 28.8 Å². The van der Waals surface area contributed by atoms with E-state index in [4.69, 9.17) is 72.7 Å². The number of amides is 6. The summed E-state index contributed by atoms with van der Waals surface area (Å²) in [5.74, 6) is 0.242. The lowest BCUT2D eigenvalue weighted by molar-refractivity contribution is 0.0141. The zero-order chi connectivity index (χ0) is 87.1. The second-order valence-corrected chi connectivity index (χ2v) is 31.5. The number of alkyl halides is 1. The Morgan fingerprint density at radius 2 is 0.754 bits per heavy atom. The zero-order valence-electron chi connectivity index (χ0n) is 69.3. The highest BCUT2D eigenvalue weighted by Gasteiger charge is 2.37. The molecule has 6 amide bonds. The van der Waals surface area contributed by atoms with E-state index in [0.29, 0.717) is 119 Å². The van der Waals surface area contributed by atoms with Crippen LogP contribution in [-0.2, 0) is 29.1 Å². The Balaban J connectivity index is 0.000000158. The van der Waals surface area contributed by atoms with E-state index in [1.54, 1.807) is 112 Å². The number of aromatic nitrogens is 6. The molecule has 6 aliphatic rings. The lowest BCUT2D eigenvalue weighted by Gasteiger charge is -2.36. The Kier molecular flexibility index (Phi) is 27.7. The number of aryl methyl sites for hydroxylation is 2. The molecule has 6 aliphatic heterocycles. The molecule has 3 fully saturated rings. The first-order chi connectivity index (χ1) is 58.5. The maximum atomic E-state index is 15.2. The first-order valence-corrected chi connectivity index (χ1v) is 40.1. The van der Waals surface area contributed by atoms with Gasteiger partial charge in [0.2, 0.25) is 35.5 Å². The van der Waals surface area contributed by atoms with Crippen molar-refractivity contribution in [2.45, 2.75) is 89.2 Å². The van der Waals surface area contributed by atoms with Gasteiger partial charge in [0.05, 0.1) is 110 Å². The number of carbonyl (C=O) groups excluding carboxylic acids is 6. The fourth-order valence-corrected chi connectivity index (χ4v) is 15.5. The SMILES string of the molecule is COc1cc(C(=O)N[C@@H]2CCN(C)C[C@@H]2OC)c(C)cc1Nc1ncc(Cl)c(Oc2cccc3c2C(=O)N(C)C3)n1.COc1cc(C(=O)N[C@@H]2CCN(C)C[C@@H]2OC)c(F)cc1Nc1ncc(Cl)c(Oc2cccc3c2C(=O)N(C)C3)n1.COc1cc(C(=O)N[C@H]2CCN(C)C[C@H]2F)c(C)cc1Nc1ncc(Cl)c(Oc2cccc3c2C(=O)N(C)C3)n1. The molecule has 122 heavy (non-hydrogen) atoms. The van der Waals surface area contributed by atoms with Gasteiger partial charge in [-0.05, 0) is 144 Å². The van der Waals surface area contributed by atoms with Gasteiger partial charge in [-0.2, -0.15) is 15.0 Å². The first kappa shape index (κ1) is 87.9. The summed E-state index contributed by atoms with van der Waals surface area (Å²) >= 11 is 19.0. The predicted molar refractivity (Wildman–Crippen MR) is 453 cm³/mol. The number of rotatable bonds is 23. The van der Waals surface area contributed by atoms with Crippen LogP contribution in [0.15, 0.2) is 110 Å². The minimum absolute atomic E-state index is 0.00109. The summed E-state index contributed by atoms with van der Waals surface area (Å²) in [4.78, 5) is 114. The van der Waals surface area contributed by atoms with Crippen LogP contribution in [0, 0.1) is 19.7 Å². The number of hydrogen-bond donors (Lipinski definition) is 6. The molecule has 15 rings (SSSR count). The summed E-state index contributed by atoms with van der Waals surface area (Å²) in [5, 5.41) is 18.4. The van der Waals surface area contributed by atoms with E-state index in [1.807, 2.05) is 57.2 Å². The first-order valence-electron chi connectivity index (χ1n) is 39.0. The van der Waals surface area contributed by atoms with Gasteiger partial charge in [0, 0.05) is 98.4 Å². The van der Waals surface area contributed by atoms with Gasteiger partial charge in [-0.15, -0.1) is 0 Å². The molecule has 6 aromatic carbocycles. The average Bonchev–Trinajstić information content (AvgIpc) is 1.60. The topological polar surface area (TPSA) is 345 Å². The predicted octanol–water partition coefficient (Wildman–Crippen LogP) is 12.2. The van der Waals surface area contributed by atoms with Crippen molar-refractivity contribution in [3.63, 3.8) is 0 Å². The van der Waals surface area contributed by atoms with Crippen molar-refractivity contribution in [1.82, 2.24) is 75.3 Å². The van der Waals surface area contributed by atoms with Gasteiger partial charge >= 0.3 is 0 Å². The maximum absolute atomic E-state index is 15.2. The van der Waals surface area contributed by atoms with E-state index < -0.39 is 23.9 Å². The number of nitrogens with one attached hydrogen (secondary N) is 6. The highest BCUT2D eigenvalue weighted by atomic mass is 35.5. The van der Waals surface area contributed by atoms with E-state index in [0.717, 1.165) is 54.4 Å². The van der Waals surface area contributed by atoms with E-state index in [1.165, 1.54) is 46.0 Å². The summed E-state index contributed by atoms with van der Waals surface area (Å²) in [5.41, 5.74) is 7.29. The summed E-state index contributed by atoms with van der Waals surface area (Å²) in [7, 11) is 18.7. The molecular formula is C85H93Cl3F2N18O14. The van der Waals surface area contributed by atoms with E-state index in [-0.39, 0.29) is 128 Å². The quantitative estimate of drug-likeness (QED) is 0.0346. The van der Waals surface area contributed by atoms with Crippen molar-refractivity contribution >= 4 is 105 Å². The number of likely N-dealkylation sites (N-methyl/N-ethyl adjacent to an activating group) is 2. The largest absolute Gasteiger partial charge is 0.495 e. The van der Waals surface area contributed by atoms with Crippen molar-refractivity contribution in [2.75, 3.05) is 133 Å². The molecule has 0 spiro atoms. The number of anilines is 6. The highest BCUT2D eigenvalue weighted by Crippen LogP contribution is 2.42. The average molecular weight is 1740 g/mol. The number of piperidine rings is 3. The normalized spacial score (nSPS) is 18.7. The Hall–Kier alpha value is -11.9. The number of methoxy groups -OCH3 is 5. The number of hydrogen-bond acceptors (Lipinski definition) is 26. The zero-order valence-corrected chi connectivity index (χ0v) is 71.6. The number of carbonyl (C=O) groups is 6. The van der Waals surface area contributed by atoms with Crippen molar-refractivity contribution in [1.29, 1.82) is 0 Å². The third-order valence-electron chi connectivity index (χ3n) is 21.7. The van der Waals surface area contributed by atoms with Crippen molar-refractivity contribution < 1.29 is 75.4 Å². The molecule has 0 saturated carbocycles. The van der Waals surface area contributed by atoms with Crippen molar-refractivity contribution in [2.24, 2.45) is 0 Å². The second-order valence-electron chi connectivity index (χ2n) is 30.3. The van der Waals surface area contributed by atoms with Crippen LogP contribution in [0.3, 0.4) is 0 Å². The van der Waals surface area contributed by atoms with Crippen LogP contribution >= 0.6 is 34.8 Å². The molecule has 3 saturated heterocycles. The van der Waals surface area contributed by atoms with E-state index in [2.05, 4.69) is 71.6 Å². The van der Waals surface area contributed by atoms with Crippen molar-refractivity contribution in [3.05, 3.63) is 192 Å². The molecule has 0 bridgehead atoms. The van der Waals surface area contributed by atoms with Crippen LogP contribution in [0.2, 0.25) is 15.1 Å². The molecule has 642 valence electrons. The van der Waals surface area contributed by atoms with Crippen LogP contribution < -0.4 is 60.3 Å². The van der Waals surface area contributed by atoms with Gasteiger partial charge in [-0.1, -0.05) is 71.2 Å². The Morgan fingerprint density at radius 1 is 0.434 bits per heavy atom. The minimum Gasteiger partial charge on any atom is -0.495 e. The molecule has 37 heteroatoms. The summed E-state index contributed by atoms with van der Waals surface area (Å²) in [6.07, 6.45) is 4.70. The van der Waals surface area contributed by atoms with Crippen molar-refractivity contribution in [3.8, 4) is 52.1 Å². The molecular weight excluding hydrogens is 1640 g/mol. The monoisotopic (exact) mass is 1730 g/mol. The Bertz CT molecular complexity index is 5270. The number of benzene rings is 6. The molecule has 32 nitrogen and oxygen atoms in total. The van der Waals surface area contributed by atoms with Crippen LogP contribution in [-0.4, -0.2) is 248 Å². The van der Waals surface area contributed by atoms with Gasteiger partial charge in [-0.25, -0.2) is 23.7 Å². The Morgan fingerprint density at radius 3 is 1.10 bits per heavy atom. The van der Waals surface area contributed by atoms with Crippen LogP contribution in [0.1, 0.15) is 109 Å². The number of nitrogens with zero attached hydrogens (tertiary/aromatic N) is 12. The molecule has 0 unspecified atom stereocenters. The van der Waals surface area contributed by atoms with Gasteiger partial charge < -0.3 is 99.2 Å². The highest BCUT2D eigenvalue weighted by molar-refractivity contribution is 6.32. The third-order valence-corrected chi connectivity index (χ3v) is 22.5. The fourth-order valence-electron chi connectivity index (χ4n) is 15.1. The lowest BCUT2D eigenvalue weighted by atomic mass is 10.0. The lowest BCUT2D eigenvalue weighted by Crippen LogP contribution is -2.53. The maximum Gasteiger partial charge on any atom is 0.258 e. The number of likely N-dealkylation sites (tertiary alicyclic amines) is 3. The van der Waals surface area contributed by atoms with E-state index >= 15 is 4.39 Å². The number of halogens is 5. The summed E-state index contributed by atoms with van der Waals surface area (Å²) in [6, 6.07) is 24.4. The van der Waals surface area contributed by atoms with Crippen LogP contribution in [0.25, 0.3) is 0 Å². The van der Waals surface area contributed by atoms with Gasteiger partial charge in [0.1, 0.15) is 61.6 Å². The minimum atomic E-state index is -1.14. The standard InChI is InChI=1S/C29H33ClN6O5.C28H30ClFN6O5.C28H30ClFN6O4/c1-16-11-21(23(39-4)12-18(16)26(37)32-20-9-10-35(2)15-24(20)40-5)33-29-31-13-19(30)27(34-29)41-22-8-6-7-17-14-36(3)28(38)25(17)22;1-35-9-8-19(23(14-35)40-4)32-25(37)16-10-22(39-3)20(11-18(16)30)33-28-31-12-17(29)26(34-28)41-21-7-5-6-15-13-36(2)27(38)24(15)21;1-15-10-21(23(39-4)11-17(15)25(37)32-20-8-9-35(2)14-19(20)30)33-28-31-12-18(29)26(34-28)40-22-7-5-6-16-13-36(3)27(38)24(16)22/h6-8,11-13,20,24H,9-10,14-15H2,1-5H3,(H,32,37)(H,31,33,34);5-7,10-12,19,23H,8-9,13-14H2,1-4H3,(H,32,37)(H,31,33,34);5-7,10-12,19-20H,8-9,13-14H2,1-4H3,(H,32,37)(H,31,33,34)/t20-,24+;19-,23+;19-,20+/m111/s1. The molecule has 3 aromatic heterocycles. The molecule has 6 N–H and O–H groups in total. The third kappa shape index (κ3) is 19.8. The smallest absolute Gasteiger partial charge is 0.258 e. The number of fused-ring (bicyclic) bond motifs is 3. The molecule has 0 radical (unpaired) electrons. The van der Waals surface area contributed by atoms with E-state index in [9.17, 15) is 33.2 Å². The molecule has 0 aliphatic carbocycles. The summed E-state index contributed by atoms with van der Waals surface area (Å²) < 4.78 is 75.3. The molecule has 9 aromatic rings. The molecule has 9 heterocycles. The van der Waals surface area contributed by atoms with Crippen LogP contribution in [0.4, 0.5) is 43.7 Å². The number of ether oxygens (including phenoxy) is 8. The summed E-state index contributed by atoms with van der Waals surface area (Å²) in [6.45, 7) is 9.17. The van der Waals surface area contributed by atoms with Gasteiger partial charge in [0.25, 0.3) is 35.4 Å².